The first-order valence-electron chi connectivity index (χ1n) is 9.85. The summed E-state index contributed by atoms with van der Waals surface area (Å²) in [6.45, 7) is 6.80. The first kappa shape index (κ1) is 19.9. The molecule has 1 amide bonds. The summed E-state index contributed by atoms with van der Waals surface area (Å²) in [6, 6.07) is 12.1. The van der Waals surface area contributed by atoms with E-state index >= 15 is 0 Å². The van der Waals surface area contributed by atoms with Crippen LogP contribution in [0.1, 0.15) is 22.3 Å². The molecule has 0 unspecified atom stereocenters. The molecule has 5 nitrogen and oxygen atoms in total. The van der Waals surface area contributed by atoms with Crippen molar-refractivity contribution in [3.8, 4) is 0 Å². The maximum atomic E-state index is 13.6. The monoisotopic (exact) mass is 413 g/mol. The Morgan fingerprint density at radius 3 is 2.86 bits per heavy atom. The van der Waals surface area contributed by atoms with Gasteiger partial charge in [0.15, 0.2) is 5.13 Å². The van der Waals surface area contributed by atoms with Crippen LogP contribution in [-0.2, 0) is 4.74 Å². The van der Waals surface area contributed by atoms with Crippen molar-refractivity contribution in [1.29, 1.82) is 0 Å². The minimum absolute atomic E-state index is 0.0739. The fraction of sp³-hybridized carbons (Fsp3) is 0.364. The maximum Gasteiger partial charge on any atom is 0.260 e. The predicted octanol–water partition coefficient (Wildman–Crippen LogP) is 4.11. The first-order valence-corrected chi connectivity index (χ1v) is 10.7. The largest absolute Gasteiger partial charge is 0.379 e. The van der Waals surface area contributed by atoms with Gasteiger partial charge in [-0.15, -0.1) is 0 Å². The number of anilines is 1. The van der Waals surface area contributed by atoms with Gasteiger partial charge in [-0.25, -0.2) is 9.37 Å². The molecule has 0 saturated carbocycles. The Morgan fingerprint density at radius 1 is 1.24 bits per heavy atom. The van der Waals surface area contributed by atoms with Gasteiger partial charge in [0.2, 0.25) is 0 Å². The van der Waals surface area contributed by atoms with Crippen LogP contribution in [0.25, 0.3) is 10.2 Å². The predicted molar refractivity (Wildman–Crippen MR) is 114 cm³/mol. The molecule has 152 valence electrons. The molecule has 4 rings (SSSR count). The number of carbonyl (C=O) groups excluding carboxylic acids is 1. The van der Waals surface area contributed by atoms with Crippen LogP contribution in [0, 0.1) is 12.7 Å². The fourth-order valence-electron chi connectivity index (χ4n) is 3.50. The lowest BCUT2D eigenvalue weighted by Crippen LogP contribution is -2.39. The van der Waals surface area contributed by atoms with Crippen LogP contribution in [0.15, 0.2) is 42.5 Å². The number of hydrogen-bond donors (Lipinski definition) is 0. The van der Waals surface area contributed by atoms with Crippen molar-refractivity contribution in [3.63, 3.8) is 0 Å². The molecular weight excluding hydrogens is 389 g/mol. The van der Waals surface area contributed by atoms with Crippen LogP contribution >= 0.6 is 11.3 Å². The molecule has 0 bridgehead atoms. The van der Waals surface area contributed by atoms with E-state index in [4.69, 9.17) is 4.74 Å². The highest BCUT2D eigenvalue weighted by Gasteiger charge is 2.22. The van der Waals surface area contributed by atoms with Crippen LogP contribution in [0.4, 0.5) is 9.52 Å². The number of morpholine rings is 1. The van der Waals surface area contributed by atoms with Crippen LogP contribution in [0.3, 0.4) is 0 Å². The number of aromatic nitrogens is 1. The van der Waals surface area contributed by atoms with Gasteiger partial charge in [0.25, 0.3) is 5.91 Å². The highest BCUT2D eigenvalue weighted by molar-refractivity contribution is 7.22. The molecular formula is C22H24FN3O2S. The Labute approximate surface area is 173 Å². The number of ether oxygens (including phenoxy) is 1. The van der Waals surface area contributed by atoms with Gasteiger partial charge in [-0.05, 0) is 43.7 Å². The molecule has 1 saturated heterocycles. The van der Waals surface area contributed by atoms with Crippen molar-refractivity contribution in [2.75, 3.05) is 44.3 Å². The minimum atomic E-state index is -0.295. The zero-order valence-corrected chi connectivity index (χ0v) is 17.3. The zero-order chi connectivity index (χ0) is 20.2. The molecule has 0 spiro atoms. The molecule has 2 aromatic carbocycles. The van der Waals surface area contributed by atoms with Crippen molar-refractivity contribution in [1.82, 2.24) is 9.88 Å². The molecule has 2 heterocycles. The number of benzene rings is 2. The van der Waals surface area contributed by atoms with Crippen LogP contribution in [0.2, 0.25) is 0 Å². The van der Waals surface area contributed by atoms with Gasteiger partial charge < -0.3 is 4.74 Å². The van der Waals surface area contributed by atoms with Crippen molar-refractivity contribution in [2.24, 2.45) is 0 Å². The highest BCUT2D eigenvalue weighted by Crippen LogP contribution is 2.30. The lowest BCUT2D eigenvalue weighted by molar-refractivity contribution is 0.0376. The van der Waals surface area contributed by atoms with E-state index in [1.807, 2.05) is 31.2 Å². The van der Waals surface area contributed by atoms with Crippen LogP contribution in [-0.4, -0.2) is 55.2 Å². The lowest BCUT2D eigenvalue weighted by Gasteiger charge is -2.27. The highest BCUT2D eigenvalue weighted by atomic mass is 32.1. The minimum Gasteiger partial charge on any atom is -0.379 e. The van der Waals surface area contributed by atoms with Gasteiger partial charge in [-0.3, -0.25) is 14.6 Å². The number of hydrogen-bond acceptors (Lipinski definition) is 5. The summed E-state index contributed by atoms with van der Waals surface area (Å²) >= 11 is 1.35. The van der Waals surface area contributed by atoms with Gasteiger partial charge in [0.1, 0.15) is 5.82 Å². The van der Waals surface area contributed by atoms with Crippen LogP contribution < -0.4 is 4.90 Å². The third kappa shape index (κ3) is 4.80. The summed E-state index contributed by atoms with van der Waals surface area (Å²) in [4.78, 5) is 22.0. The second kappa shape index (κ2) is 8.98. The smallest absolute Gasteiger partial charge is 0.260 e. The molecule has 7 heteroatoms. The summed E-state index contributed by atoms with van der Waals surface area (Å²) in [5, 5.41) is 0.610. The van der Waals surface area contributed by atoms with E-state index in [2.05, 4.69) is 9.88 Å². The third-order valence-electron chi connectivity index (χ3n) is 5.04. The number of carbonyl (C=O) groups is 1. The molecule has 29 heavy (non-hydrogen) atoms. The molecule has 0 N–H and O–H groups in total. The molecule has 3 aromatic rings. The van der Waals surface area contributed by atoms with Gasteiger partial charge in [-0.1, -0.05) is 29.0 Å². The average Bonchev–Trinajstić information content (AvgIpc) is 3.14. The fourth-order valence-corrected chi connectivity index (χ4v) is 4.51. The van der Waals surface area contributed by atoms with Crippen LogP contribution in [0.5, 0.6) is 0 Å². The number of rotatable bonds is 6. The summed E-state index contributed by atoms with van der Waals surface area (Å²) in [7, 11) is 0. The number of amides is 1. The van der Waals surface area contributed by atoms with E-state index < -0.39 is 0 Å². The van der Waals surface area contributed by atoms with Crippen molar-refractivity contribution in [3.05, 3.63) is 59.4 Å². The number of nitrogens with zero attached hydrogens (tertiary/aromatic N) is 3. The molecule has 0 atom stereocenters. The maximum absolute atomic E-state index is 13.6. The van der Waals surface area contributed by atoms with Gasteiger partial charge >= 0.3 is 0 Å². The second-order valence-corrected chi connectivity index (χ2v) is 8.25. The van der Waals surface area contributed by atoms with E-state index in [-0.39, 0.29) is 11.7 Å². The Hall–Kier alpha value is -2.35. The Kier molecular flexibility index (Phi) is 6.18. The molecule has 1 aliphatic heterocycles. The molecule has 0 aliphatic carbocycles. The van der Waals surface area contributed by atoms with Gasteiger partial charge in [0.05, 0.1) is 23.4 Å². The lowest BCUT2D eigenvalue weighted by atomic mass is 10.1. The molecule has 0 radical (unpaired) electrons. The Bertz CT molecular complexity index is 1000. The summed E-state index contributed by atoms with van der Waals surface area (Å²) < 4.78 is 19.8. The molecule has 1 aliphatic rings. The van der Waals surface area contributed by atoms with E-state index in [9.17, 15) is 9.18 Å². The SMILES string of the molecule is Cc1cccc(C(=O)N(CCCN2CCOCC2)c2nc3ccc(F)cc3s2)c1. The summed E-state index contributed by atoms with van der Waals surface area (Å²) in [5.74, 6) is -0.369. The van der Waals surface area contributed by atoms with Crippen molar-refractivity contribution in [2.45, 2.75) is 13.3 Å². The number of aryl methyl sites for hydroxylation is 1. The van der Waals surface area contributed by atoms with Gasteiger partial charge in [0, 0.05) is 31.7 Å². The van der Waals surface area contributed by atoms with E-state index in [1.54, 1.807) is 11.0 Å². The number of thiazole rings is 1. The zero-order valence-electron chi connectivity index (χ0n) is 16.4. The standard InChI is InChI=1S/C22H24FN3O2S/c1-16-4-2-5-17(14-16)21(27)26(9-3-8-25-10-12-28-13-11-25)22-24-19-7-6-18(23)15-20(19)29-22/h2,4-7,14-15H,3,8-13H2,1H3. The quantitative estimate of drug-likeness (QED) is 0.610. The third-order valence-corrected chi connectivity index (χ3v) is 6.08. The van der Waals surface area contributed by atoms with Crippen molar-refractivity contribution >= 4 is 32.6 Å². The van der Waals surface area contributed by atoms with E-state index in [0.717, 1.165) is 49.5 Å². The molecule has 1 aromatic heterocycles. The Balaban J connectivity index is 1.57. The topological polar surface area (TPSA) is 45.7 Å². The Morgan fingerprint density at radius 2 is 2.07 bits per heavy atom. The molecule has 1 fully saturated rings. The van der Waals surface area contributed by atoms with E-state index in [1.165, 1.54) is 23.5 Å². The second-order valence-electron chi connectivity index (χ2n) is 7.24. The first-order chi connectivity index (χ1) is 14.1. The summed E-state index contributed by atoms with van der Waals surface area (Å²) in [6.07, 6.45) is 0.835. The summed E-state index contributed by atoms with van der Waals surface area (Å²) in [5.41, 5.74) is 2.39. The van der Waals surface area contributed by atoms with Crippen molar-refractivity contribution < 1.29 is 13.9 Å². The number of halogens is 1. The van der Waals surface area contributed by atoms with Gasteiger partial charge in [-0.2, -0.15) is 0 Å². The normalized spacial score (nSPS) is 15.0. The van der Waals surface area contributed by atoms with E-state index in [0.29, 0.717) is 22.8 Å². The average molecular weight is 414 g/mol. The number of fused-ring (bicyclic) bond motifs is 1.